The highest BCUT2D eigenvalue weighted by atomic mass is 16.1. The van der Waals surface area contributed by atoms with Crippen molar-refractivity contribution in [3.8, 4) is 0 Å². The van der Waals surface area contributed by atoms with Crippen LogP contribution in [0, 0.1) is 18.3 Å². The molecular weight excluding hydrogens is 414 g/mol. The van der Waals surface area contributed by atoms with Crippen molar-refractivity contribution in [2.24, 2.45) is 29.1 Å². The second kappa shape index (κ2) is 7.94. The molecule has 33 heavy (non-hydrogen) atoms. The molecule has 1 saturated heterocycles. The Hall–Kier alpha value is -2.74. The standard InChI is InChI=1S/C25H35N7O/c1-15-8-9-25(22(15)26)10-12-32(13-11-25)24-29-18-14-27-21(20(18)23(33)31(24)5)17-6-7-19(30(3)4)28-16(17)2/h6-7,15,22H,8-14,26H2,1-5H3/t15-,22-/m1/s1. The van der Waals surface area contributed by atoms with E-state index in [2.05, 4.69) is 16.8 Å². The molecule has 8 nitrogen and oxygen atoms in total. The maximum Gasteiger partial charge on any atom is 0.264 e. The molecule has 2 atom stereocenters. The van der Waals surface area contributed by atoms with Crippen LogP contribution in [0.25, 0.3) is 0 Å². The van der Waals surface area contributed by atoms with Crippen molar-refractivity contribution in [2.45, 2.75) is 52.1 Å². The summed E-state index contributed by atoms with van der Waals surface area (Å²) in [5, 5.41) is 0. The molecular formula is C25H35N7O. The summed E-state index contributed by atoms with van der Waals surface area (Å²) in [7, 11) is 5.76. The Bertz CT molecular complexity index is 1170. The molecule has 1 spiro atoms. The fourth-order valence-corrected chi connectivity index (χ4v) is 5.97. The van der Waals surface area contributed by atoms with Crippen LogP contribution in [0.5, 0.6) is 0 Å². The van der Waals surface area contributed by atoms with Gasteiger partial charge in [-0.3, -0.25) is 14.4 Å². The molecule has 0 radical (unpaired) electrons. The van der Waals surface area contributed by atoms with Crippen molar-refractivity contribution in [1.82, 2.24) is 14.5 Å². The summed E-state index contributed by atoms with van der Waals surface area (Å²) in [6.07, 6.45) is 4.57. The number of fused-ring (bicyclic) bond motifs is 1. The first-order valence-corrected chi connectivity index (χ1v) is 12.0. The molecule has 1 aliphatic carbocycles. The first-order chi connectivity index (χ1) is 15.7. The highest BCUT2D eigenvalue weighted by Crippen LogP contribution is 2.48. The van der Waals surface area contributed by atoms with Crippen molar-refractivity contribution in [3.05, 3.63) is 45.0 Å². The molecule has 8 heteroatoms. The van der Waals surface area contributed by atoms with Crippen LogP contribution in [-0.2, 0) is 13.6 Å². The van der Waals surface area contributed by atoms with Gasteiger partial charge in [0.25, 0.3) is 5.56 Å². The summed E-state index contributed by atoms with van der Waals surface area (Å²) in [6.45, 7) is 6.46. The summed E-state index contributed by atoms with van der Waals surface area (Å²) in [5.41, 5.74) is 10.7. The average Bonchev–Trinajstić information content (AvgIpc) is 3.34. The van der Waals surface area contributed by atoms with Crippen molar-refractivity contribution in [3.63, 3.8) is 0 Å². The number of nitrogens with two attached hydrogens (primary N) is 1. The van der Waals surface area contributed by atoms with Crippen molar-refractivity contribution < 1.29 is 0 Å². The highest BCUT2D eigenvalue weighted by Gasteiger charge is 2.46. The molecule has 5 rings (SSSR count). The van der Waals surface area contributed by atoms with Gasteiger partial charge in [0, 0.05) is 51.5 Å². The van der Waals surface area contributed by atoms with Gasteiger partial charge in [-0.15, -0.1) is 0 Å². The highest BCUT2D eigenvalue weighted by molar-refractivity contribution is 6.15. The van der Waals surface area contributed by atoms with Gasteiger partial charge in [-0.25, -0.2) is 9.97 Å². The minimum Gasteiger partial charge on any atom is -0.363 e. The normalized spacial score (nSPS) is 23.7. The number of aryl methyl sites for hydroxylation is 1. The monoisotopic (exact) mass is 449 g/mol. The fraction of sp³-hybridized carbons (Fsp3) is 0.600. The Labute approximate surface area is 195 Å². The molecule has 0 aromatic carbocycles. The summed E-state index contributed by atoms with van der Waals surface area (Å²) in [4.78, 5) is 32.1. The van der Waals surface area contributed by atoms with Gasteiger partial charge in [0.15, 0.2) is 0 Å². The summed E-state index contributed by atoms with van der Waals surface area (Å²) in [5.74, 6) is 2.23. The molecule has 3 aliphatic rings. The quantitative estimate of drug-likeness (QED) is 0.773. The Morgan fingerprint density at radius 1 is 1.15 bits per heavy atom. The maximum atomic E-state index is 13.5. The van der Waals surface area contributed by atoms with Crippen LogP contribution in [0.15, 0.2) is 21.9 Å². The Morgan fingerprint density at radius 3 is 2.48 bits per heavy atom. The molecule has 0 amide bonds. The van der Waals surface area contributed by atoms with Gasteiger partial charge in [-0.05, 0) is 56.1 Å². The molecule has 176 valence electrons. The number of rotatable bonds is 3. The van der Waals surface area contributed by atoms with Crippen molar-refractivity contribution in [2.75, 3.05) is 37.0 Å². The van der Waals surface area contributed by atoms with E-state index in [0.717, 1.165) is 54.6 Å². The van der Waals surface area contributed by atoms with Gasteiger partial charge in [0.2, 0.25) is 5.95 Å². The summed E-state index contributed by atoms with van der Waals surface area (Å²) < 4.78 is 1.70. The van der Waals surface area contributed by atoms with Gasteiger partial charge in [-0.2, -0.15) is 0 Å². The second-order valence-corrected chi connectivity index (χ2v) is 10.4. The SMILES string of the molecule is Cc1nc(N(C)C)ccc1C1=NCc2nc(N3CCC4(CC[C@@H](C)[C@H]4N)CC3)n(C)c(=O)c21. The van der Waals surface area contributed by atoms with E-state index >= 15 is 0 Å². The summed E-state index contributed by atoms with van der Waals surface area (Å²) >= 11 is 0. The van der Waals surface area contributed by atoms with E-state index in [0.29, 0.717) is 23.7 Å². The van der Waals surface area contributed by atoms with Crippen LogP contribution in [0.2, 0.25) is 0 Å². The van der Waals surface area contributed by atoms with E-state index in [-0.39, 0.29) is 17.0 Å². The number of piperidine rings is 1. The molecule has 0 bridgehead atoms. The number of hydrogen-bond acceptors (Lipinski definition) is 7. The van der Waals surface area contributed by atoms with Gasteiger partial charge in [0.05, 0.1) is 23.5 Å². The zero-order valence-electron chi connectivity index (χ0n) is 20.4. The topological polar surface area (TPSA) is 92.6 Å². The Kier molecular flexibility index (Phi) is 5.31. The largest absolute Gasteiger partial charge is 0.363 e. The maximum absolute atomic E-state index is 13.5. The lowest BCUT2D eigenvalue weighted by Gasteiger charge is -2.43. The third-order valence-corrected chi connectivity index (χ3v) is 8.21. The number of pyridine rings is 1. The first-order valence-electron chi connectivity index (χ1n) is 12.0. The molecule has 2 fully saturated rings. The second-order valence-electron chi connectivity index (χ2n) is 10.4. The van der Waals surface area contributed by atoms with E-state index in [1.807, 2.05) is 45.1 Å². The van der Waals surface area contributed by atoms with Crippen LogP contribution in [0.4, 0.5) is 11.8 Å². The minimum absolute atomic E-state index is 0.0335. The zero-order chi connectivity index (χ0) is 23.5. The van der Waals surface area contributed by atoms with E-state index in [1.165, 1.54) is 12.8 Å². The van der Waals surface area contributed by atoms with Crippen molar-refractivity contribution >= 4 is 17.5 Å². The van der Waals surface area contributed by atoms with E-state index in [4.69, 9.17) is 15.7 Å². The summed E-state index contributed by atoms with van der Waals surface area (Å²) in [6, 6.07) is 4.26. The van der Waals surface area contributed by atoms with E-state index in [1.54, 1.807) is 4.57 Å². The smallest absolute Gasteiger partial charge is 0.264 e. The zero-order valence-corrected chi connectivity index (χ0v) is 20.4. The average molecular weight is 450 g/mol. The van der Waals surface area contributed by atoms with E-state index in [9.17, 15) is 4.79 Å². The number of anilines is 2. The van der Waals surface area contributed by atoms with Gasteiger partial charge in [0.1, 0.15) is 5.82 Å². The molecule has 4 heterocycles. The van der Waals surface area contributed by atoms with Gasteiger partial charge < -0.3 is 15.5 Å². The fourth-order valence-electron chi connectivity index (χ4n) is 5.97. The molecule has 2 aliphatic heterocycles. The van der Waals surface area contributed by atoms with Gasteiger partial charge in [-0.1, -0.05) is 6.92 Å². The predicted molar refractivity (Wildman–Crippen MR) is 132 cm³/mol. The molecule has 1 saturated carbocycles. The molecule has 2 aromatic heterocycles. The lowest BCUT2D eigenvalue weighted by atomic mass is 9.73. The third-order valence-electron chi connectivity index (χ3n) is 8.21. The van der Waals surface area contributed by atoms with Crippen LogP contribution in [0.3, 0.4) is 0 Å². The Morgan fingerprint density at radius 2 is 1.88 bits per heavy atom. The van der Waals surface area contributed by atoms with Crippen LogP contribution >= 0.6 is 0 Å². The van der Waals surface area contributed by atoms with Crippen LogP contribution < -0.4 is 21.1 Å². The minimum atomic E-state index is -0.0335. The lowest BCUT2D eigenvalue weighted by molar-refractivity contribution is 0.185. The van der Waals surface area contributed by atoms with Gasteiger partial charge >= 0.3 is 0 Å². The lowest BCUT2D eigenvalue weighted by Crippen LogP contribution is -2.49. The molecule has 0 unspecified atom stereocenters. The number of aromatic nitrogens is 3. The number of nitrogens with zero attached hydrogens (tertiary/aromatic N) is 6. The third kappa shape index (κ3) is 3.46. The first kappa shape index (κ1) is 22.1. The van der Waals surface area contributed by atoms with Crippen LogP contribution in [-0.4, -0.2) is 53.5 Å². The van der Waals surface area contributed by atoms with Crippen LogP contribution in [0.1, 0.15) is 55.1 Å². The van der Waals surface area contributed by atoms with Crippen molar-refractivity contribution in [1.29, 1.82) is 0 Å². The van der Waals surface area contributed by atoms with E-state index < -0.39 is 0 Å². The molecule has 2 aromatic rings. The number of aliphatic imine (C=N–C) groups is 1. The Balaban J connectivity index is 1.43. The number of hydrogen-bond donors (Lipinski definition) is 1. The molecule has 2 N–H and O–H groups in total. The predicted octanol–water partition coefficient (Wildman–Crippen LogP) is 2.24.